The average Bonchev–Trinajstić information content (AvgIpc) is 2.34. The molecule has 2 N–H and O–H groups in total. The molecule has 0 fully saturated rings. The highest BCUT2D eigenvalue weighted by Crippen LogP contribution is 2.18. The standard InChI is InChI=1S/C9H15N3/c1-7(4-5-10)9-6-11-12(3)8(9)2/h6H,1,4-5,10H2,2-3H3. The Balaban J connectivity index is 2.88. The molecule has 3 heteroatoms. The molecule has 0 bridgehead atoms. The van der Waals surface area contributed by atoms with Crippen LogP contribution in [0, 0.1) is 6.92 Å². The van der Waals surface area contributed by atoms with E-state index in [1.165, 1.54) is 0 Å². The molecule has 0 atom stereocenters. The van der Waals surface area contributed by atoms with Gasteiger partial charge in [-0.25, -0.2) is 0 Å². The summed E-state index contributed by atoms with van der Waals surface area (Å²) in [5.41, 5.74) is 8.78. The number of hydrogen-bond donors (Lipinski definition) is 1. The summed E-state index contributed by atoms with van der Waals surface area (Å²) in [6.07, 6.45) is 2.68. The molecule has 0 amide bonds. The summed E-state index contributed by atoms with van der Waals surface area (Å²) in [5, 5.41) is 4.13. The lowest BCUT2D eigenvalue weighted by Gasteiger charge is -2.02. The number of aryl methyl sites for hydroxylation is 1. The van der Waals surface area contributed by atoms with Crippen LogP contribution in [-0.2, 0) is 7.05 Å². The van der Waals surface area contributed by atoms with E-state index >= 15 is 0 Å². The van der Waals surface area contributed by atoms with Gasteiger partial charge in [0.25, 0.3) is 0 Å². The fourth-order valence-electron chi connectivity index (χ4n) is 1.15. The molecule has 12 heavy (non-hydrogen) atoms. The topological polar surface area (TPSA) is 43.8 Å². The third-order valence-electron chi connectivity index (χ3n) is 2.06. The van der Waals surface area contributed by atoms with Crippen LogP contribution in [0.3, 0.4) is 0 Å². The summed E-state index contributed by atoms with van der Waals surface area (Å²) in [4.78, 5) is 0. The second-order valence-electron chi connectivity index (χ2n) is 2.91. The van der Waals surface area contributed by atoms with Crippen LogP contribution in [0.2, 0.25) is 0 Å². The van der Waals surface area contributed by atoms with Gasteiger partial charge < -0.3 is 5.73 Å². The van der Waals surface area contributed by atoms with Crippen LogP contribution < -0.4 is 5.73 Å². The molecule has 1 rings (SSSR count). The molecule has 1 aromatic rings. The van der Waals surface area contributed by atoms with Gasteiger partial charge in [0.1, 0.15) is 0 Å². The van der Waals surface area contributed by atoms with Crippen molar-refractivity contribution in [1.82, 2.24) is 9.78 Å². The van der Waals surface area contributed by atoms with Crippen LogP contribution >= 0.6 is 0 Å². The van der Waals surface area contributed by atoms with Crippen LogP contribution in [-0.4, -0.2) is 16.3 Å². The number of aromatic nitrogens is 2. The van der Waals surface area contributed by atoms with Gasteiger partial charge in [0.05, 0.1) is 6.20 Å². The van der Waals surface area contributed by atoms with Crippen molar-refractivity contribution in [3.8, 4) is 0 Å². The van der Waals surface area contributed by atoms with Gasteiger partial charge in [0.15, 0.2) is 0 Å². The minimum Gasteiger partial charge on any atom is -0.330 e. The molecule has 3 nitrogen and oxygen atoms in total. The smallest absolute Gasteiger partial charge is 0.0567 e. The first-order valence-electron chi connectivity index (χ1n) is 4.03. The molecule has 0 spiro atoms. The lowest BCUT2D eigenvalue weighted by Crippen LogP contribution is -2.00. The van der Waals surface area contributed by atoms with Crippen molar-refractivity contribution in [3.05, 3.63) is 24.0 Å². The van der Waals surface area contributed by atoms with Crippen LogP contribution in [0.25, 0.3) is 5.57 Å². The average molecular weight is 165 g/mol. The Kier molecular flexibility index (Phi) is 2.65. The first-order valence-corrected chi connectivity index (χ1v) is 4.03. The van der Waals surface area contributed by atoms with Crippen molar-refractivity contribution >= 4 is 5.57 Å². The molecule has 0 radical (unpaired) electrons. The quantitative estimate of drug-likeness (QED) is 0.728. The van der Waals surface area contributed by atoms with Gasteiger partial charge in [-0.2, -0.15) is 5.10 Å². The molecule has 0 aliphatic heterocycles. The molecular weight excluding hydrogens is 150 g/mol. The van der Waals surface area contributed by atoms with Crippen molar-refractivity contribution in [2.24, 2.45) is 12.8 Å². The summed E-state index contributed by atoms with van der Waals surface area (Å²) in [5.74, 6) is 0. The highest BCUT2D eigenvalue weighted by atomic mass is 15.3. The highest BCUT2D eigenvalue weighted by Gasteiger charge is 2.05. The predicted octanol–water partition coefficient (Wildman–Crippen LogP) is 1.09. The van der Waals surface area contributed by atoms with E-state index in [0.29, 0.717) is 6.54 Å². The molecule has 0 saturated carbocycles. The van der Waals surface area contributed by atoms with Crippen LogP contribution in [0.1, 0.15) is 17.7 Å². The Morgan fingerprint density at radius 2 is 2.42 bits per heavy atom. The zero-order chi connectivity index (χ0) is 9.14. The van der Waals surface area contributed by atoms with E-state index in [-0.39, 0.29) is 0 Å². The van der Waals surface area contributed by atoms with Gasteiger partial charge in [-0.05, 0) is 25.5 Å². The van der Waals surface area contributed by atoms with E-state index < -0.39 is 0 Å². The van der Waals surface area contributed by atoms with Crippen molar-refractivity contribution in [3.63, 3.8) is 0 Å². The van der Waals surface area contributed by atoms with E-state index in [1.54, 1.807) is 0 Å². The van der Waals surface area contributed by atoms with Crippen molar-refractivity contribution in [2.75, 3.05) is 6.54 Å². The maximum Gasteiger partial charge on any atom is 0.0567 e. The zero-order valence-corrected chi connectivity index (χ0v) is 7.67. The summed E-state index contributed by atoms with van der Waals surface area (Å²) < 4.78 is 1.84. The van der Waals surface area contributed by atoms with Gasteiger partial charge in [-0.1, -0.05) is 6.58 Å². The molecule has 0 aromatic carbocycles. The Bertz CT molecular complexity index is 286. The Morgan fingerprint density at radius 3 is 2.83 bits per heavy atom. The van der Waals surface area contributed by atoms with Crippen LogP contribution in [0.15, 0.2) is 12.8 Å². The maximum atomic E-state index is 5.44. The second-order valence-corrected chi connectivity index (χ2v) is 2.91. The van der Waals surface area contributed by atoms with Crippen LogP contribution in [0.4, 0.5) is 0 Å². The lowest BCUT2D eigenvalue weighted by molar-refractivity contribution is 0.739. The zero-order valence-electron chi connectivity index (χ0n) is 7.67. The largest absolute Gasteiger partial charge is 0.330 e. The molecule has 0 unspecified atom stereocenters. The molecule has 0 aliphatic rings. The highest BCUT2D eigenvalue weighted by molar-refractivity contribution is 5.64. The molecular formula is C9H15N3. The summed E-state index contributed by atoms with van der Waals surface area (Å²) in [7, 11) is 1.93. The summed E-state index contributed by atoms with van der Waals surface area (Å²) >= 11 is 0. The third-order valence-corrected chi connectivity index (χ3v) is 2.06. The lowest BCUT2D eigenvalue weighted by atomic mass is 10.1. The normalized spacial score (nSPS) is 10.2. The van der Waals surface area contributed by atoms with E-state index in [1.807, 2.05) is 24.9 Å². The molecule has 0 aliphatic carbocycles. The van der Waals surface area contributed by atoms with Crippen LogP contribution in [0.5, 0.6) is 0 Å². The number of hydrogen-bond acceptors (Lipinski definition) is 2. The first kappa shape index (κ1) is 9.00. The Hall–Kier alpha value is -1.09. The fourth-order valence-corrected chi connectivity index (χ4v) is 1.15. The molecule has 1 heterocycles. The van der Waals surface area contributed by atoms with E-state index in [4.69, 9.17) is 5.73 Å². The van der Waals surface area contributed by atoms with Crippen molar-refractivity contribution in [2.45, 2.75) is 13.3 Å². The van der Waals surface area contributed by atoms with E-state index in [2.05, 4.69) is 11.7 Å². The molecule has 1 aromatic heterocycles. The fraction of sp³-hybridized carbons (Fsp3) is 0.444. The van der Waals surface area contributed by atoms with Gasteiger partial charge in [0.2, 0.25) is 0 Å². The van der Waals surface area contributed by atoms with Crippen molar-refractivity contribution in [1.29, 1.82) is 0 Å². The third kappa shape index (κ3) is 1.56. The Labute approximate surface area is 72.9 Å². The minimum absolute atomic E-state index is 0.646. The van der Waals surface area contributed by atoms with Gasteiger partial charge in [-0.15, -0.1) is 0 Å². The monoisotopic (exact) mass is 165 g/mol. The summed E-state index contributed by atoms with van der Waals surface area (Å²) in [6.45, 7) is 6.63. The van der Waals surface area contributed by atoms with Gasteiger partial charge >= 0.3 is 0 Å². The van der Waals surface area contributed by atoms with E-state index in [0.717, 1.165) is 23.3 Å². The predicted molar refractivity (Wildman–Crippen MR) is 50.7 cm³/mol. The minimum atomic E-state index is 0.646. The van der Waals surface area contributed by atoms with Gasteiger partial charge in [0, 0.05) is 18.3 Å². The van der Waals surface area contributed by atoms with Gasteiger partial charge in [-0.3, -0.25) is 4.68 Å². The van der Waals surface area contributed by atoms with E-state index in [9.17, 15) is 0 Å². The van der Waals surface area contributed by atoms with Crippen molar-refractivity contribution < 1.29 is 0 Å². The molecule has 0 saturated heterocycles. The number of nitrogens with zero attached hydrogens (tertiary/aromatic N) is 2. The Morgan fingerprint density at radius 1 is 1.75 bits per heavy atom. The molecule has 66 valence electrons. The number of nitrogens with two attached hydrogens (primary N) is 1. The first-order chi connectivity index (χ1) is 5.66. The summed E-state index contributed by atoms with van der Waals surface area (Å²) in [6, 6.07) is 0. The number of rotatable bonds is 3. The SMILES string of the molecule is C=C(CCN)c1cnn(C)c1C. The second kappa shape index (κ2) is 3.54. The maximum absolute atomic E-state index is 5.44.